The van der Waals surface area contributed by atoms with Crippen molar-refractivity contribution in [3.05, 3.63) is 18.0 Å². The first kappa shape index (κ1) is 12.2. The molecule has 0 aromatic carbocycles. The van der Waals surface area contributed by atoms with Gasteiger partial charge in [0.25, 0.3) is 0 Å². The third kappa shape index (κ3) is 4.44. The van der Waals surface area contributed by atoms with Gasteiger partial charge in [-0.15, -0.1) is 0 Å². The molecular weight excluding hydrogens is 190 g/mol. The van der Waals surface area contributed by atoms with Gasteiger partial charge in [0.05, 0.1) is 5.69 Å². The third-order valence-electron chi connectivity index (χ3n) is 2.20. The molecule has 1 aromatic rings. The van der Waals surface area contributed by atoms with Crippen LogP contribution in [0.15, 0.2) is 12.3 Å². The summed E-state index contributed by atoms with van der Waals surface area (Å²) in [4.78, 5) is 0. The Morgan fingerprint density at radius 1 is 1.53 bits per heavy atom. The van der Waals surface area contributed by atoms with Gasteiger partial charge in [0.2, 0.25) is 0 Å². The van der Waals surface area contributed by atoms with E-state index >= 15 is 0 Å². The van der Waals surface area contributed by atoms with Gasteiger partial charge >= 0.3 is 0 Å². The lowest BCUT2D eigenvalue weighted by Gasteiger charge is -2.04. The van der Waals surface area contributed by atoms with Crippen molar-refractivity contribution < 1.29 is 4.74 Å². The first-order chi connectivity index (χ1) is 7.24. The second-order valence-electron chi connectivity index (χ2n) is 3.90. The molecule has 4 nitrogen and oxygen atoms in total. The van der Waals surface area contributed by atoms with Gasteiger partial charge in [0, 0.05) is 32.5 Å². The molecule has 0 saturated heterocycles. The number of ether oxygens (including phenoxy) is 1. The molecule has 1 N–H and O–H groups in total. The Kier molecular flexibility index (Phi) is 5.36. The highest BCUT2D eigenvalue weighted by atomic mass is 16.5. The van der Waals surface area contributed by atoms with Gasteiger partial charge in [-0.2, -0.15) is 5.10 Å². The first-order valence-electron chi connectivity index (χ1n) is 5.47. The lowest BCUT2D eigenvalue weighted by atomic mass is 10.4. The molecule has 4 heteroatoms. The molecule has 0 radical (unpaired) electrons. The highest BCUT2D eigenvalue weighted by Crippen LogP contribution is 2.03. The Bertz CT molecular complexity index is 271. The molecular formula is C11H21N3O. The molecule has 0 aliphatic rings. The van der Waals surface area contributed by atoms with Crippen LogP contribution >= 0.6 is 0 Å². The monoisotopic (exact) mass is 211 g/mol. The SMILES string of the molecule is COCCCNCc1ccn(C(C)C)n1. The minimum atomic E-state index is 0.437. The molecule has 1 aromatic heterocycles. The van der Waals surface area contributed by atoms with Crippen molar-refractivity contribution >= 4 is 0 Å². The molecule has 0 aliphatic carbocycles. The summed E-state index contributed by atoms with van der Waals surface area (Å²) in [7, 11) is 1.73. The third-order valence-corrected chi connectivity index (χ3v) is 2.20. The zero-order valence-corrected chi connectivity index (χ0v) is 9.86. The van der Waals surface area contributed by atoms with Crippen molar-refractivity contribution in [1.29, 1.82) is 0 Å². The molecule has 1 rings (SSSR count). The zero-order chi connectivity index (χ0) is 11.1. The van der Waals surface area contributed by atoms with Crippen LogP contribution in [-0.2, 0) is 11.3 Å². The zero-order valence-electron chi connectivity index (χ0n) is 9.86. The van der Waals surface area contributed by atoms with Crippen LogP contribution in [0.25, 0.3) is 0 Å². The van der Waals surface area contributed by atoms with E-state index in [1.165, 1.54) is 0 Å². The lowest BCUT2D eigenvalue weighted by Crippen LogP contribution is -2.16. The molecule has 0 fully saturated rings. The van der Waals surface area contributed by atoms with Gasteiger partial charge in [-0.25, -0.2) is 0 Å². The highest BCUT2D eigenvalue weighted by Gasteiger charge is 2.00. The Labute approximate surface area is 91.6 Å². The highest BCUT2D eigenvalue weighted by molar-refractivity contribution is 4.98. The summed E-state index contributed by atoms with van der Waals surface area (Å²) in [5, 5.41) is 7.78. The summed E-state index contributed by atoms with van der Waals surface area (Å²) in [5.74, 6) is 0. The average Bonchev–Trinajstić information content (AvgIpc) is 2.66. The fourth-order valence-electron chi connectivity index (χ4n) is 1.32. The van der Waals surface area contributed by atoms with E-state index in [0.717, 1.165) is 31.8 Å². The van der Waals surface area contributed by atoms with E-state index in [0.29, 0.717) is 6.04 Å². The fourth-order valence-corrected chi connectivity index (χ4v) is 1.32. The van der Waals surface area contributed by atoms with Gasteiger partial charge in [0.15, 0.2) is 0 Å². The molecule has 0 bridgehead atoms. The summed E-state index contributed by atoms with van der Waals surface area (Å²) in [6, 6.07) is 2.50. The normalized spacial score (nSPS) is 11.2. The van der Waals surface area contributed by atoms with Crippen LogP contribution in [0.5, 0.6) is 0 Å². The van der Waals surface area contributed by atoms with E-state index < -0.39 is 0 Å². The topological polar surface area (TPSA) is 39.1 Å². The number of rotatable bonds is 7. The van der Waals surface area contributed by atoms with Crippen LogP contribution in [-0.4, -0.2) is 30.0 Å². The van der Waals surface area contributed by atoms with Crippen molar-refractivity contribution in [3.8, 4) is 0 Å². The van der Waals surface area contributed by atoms with Crippen molar-refractivity contribution in [2.75, 3.05) is 20.3 Å². The standard InChI is InChI=1S/C11H21N3O/c1-10(2)14-7-5-11(13-14)9-12-6-4-8-15-3/h5,7,10,12H,4,6,8-9H2,1-3H3. The maximum atomic E-state index is 4.97. The first-order valence-corrected chi connectivity index (χ1v) is 5.47. The molecule has 0 aliphatic heterocycles. The largest absolute Gasteiger partial charge is 0.385 e. The van der Waals surface area contributed by atoms with Gasteiger partial charge in [-0.3, -0.25) is 4.68 Å². The molecule has 1 heterocycles. The Hall–Kier alpha value is -0.870. The summed E-state index contributed by atoms with van der Waals surface area (Å²) >= 11 is 0. The van der Waals surface area contributed by atoms with E-state index in [9.17, 15) is 0 Å². The Morgan fingerprint density at radius 2 is 2.33 bits per heavy atom. The average molecular weight is 211 g/mol. The van der Waals surface area contributed by atoms with Crippen LogP contribution in [0.3, 0.4) is 0 Å². The second kappa shape index (κ2) is 6.58. The van der Waals surface area contributed by atoms with Crippen molar-refractivity contribution in [3.63, 3.8) is 0 Å². The predicted octanol–water partition coefficient (Wildman–Crippen LogP) is 1.59. The smallest absolute Gasteiger partial charge is 0.0762 e. The lowest BCUT2D eigenvalue weighted by molar-refractivity contribution is 0.194. The van der Waals surface area contributed by atoms with Gasteiger partial charge in [0.1, 0.15) is 0 Å². The Balaban J connectivity index is 2.20. The fraction of sp³-hybridized carbons (Fsp3) is 0.727. The van der Waals surface area contributed by atoms with E-state index in [2.05, 4.69) is 30.3 Å². The molecule has 0 spiro atoms. The number of methoxy groups -OCH3 is 1. The molecule has 15 heavy (non-hydrogen) atoms. The maximum Gasteiger partial charge on any atom is 0.0762 e. The molecule has 0 amide bonds. The van der Waals surface area contributed by atoms with Gasteiger partial charge in [-0.05, 0) is 32.9 Å². The van der Waals surface area contributed by atoms with Crippen LogP contribution < -0.4 is 5.32 Å². The van der Waals surface area contributed by atoms with Crippen molar-refractivity contribution in [2.45, 2.75) is 32.9 Å². The van der Waals surface area contributed by atoms with Crippen LogP contribution in [0.4, 0.5) is 0 Å². The second-order valence-corrected chi connectivity index (χ2v) is 3.90. The van der Waals surface area contributed by atoms with Crippen LogP contribution in [0.2, 0.25) is 0 Å². The number of hydrogen-bond acceptors (Lipinski definition) is 3. The minimum absolute atomic E-state index is 0.437. The molecule has 86 valence electrons. The molecule has 0 unspecified atom stereocenters. The van der Waals surface area contributed by atoms with Crippen molar-refractivity contribution in [1.82, 2.24) is 15.1 Å². The van der Waals surface area contributed by atoms with E-state index in [1.54, 1.807) is 7.11 Å². The predicted molar refractivity (Wildman–Crippen MR) is 60.8 cm³/mol. The quantitative estimate of drug-likeness (QED) is 0.696. The number of nitrogens with one attached hydrogen (secondary N) is 1. The van der Waals surface area contributed by atoms with E-state index in [-0.39, 0.29) is 0 Å². The molecule has 0 atom stereocenters. The van der Waals surface area contributed by atoms with E-state index in [4.69, 9.17) is 4.74 Å². The summed E-state index contributed by atoms with van der Waals surface area (Å²) < 4.78 is 6.95. The minimum Gasteiger partial charge on any atom is -0.385 e. The van der Waals surface area contributed by atoms with Gasteiger partial charge in [-0.1, -0.05) is 0 Å². The number of aromatic nitrogens is 2. The number of hydrogen-bond donors (Lipinski definition) is 1. The van der Waals surface area contributed by atoms with Crippen LogP contribution in [0.1, 0.15) is 32.0 Å². The van der Waals surface area contributed by atoms with E-state index in [1.807, 2.05) is 10.9 Å². The number of nitrogens with zero attached hydrogens (tertiary/aromatic N) is 2. The van der Waals surface area contributed by atoms with Gasteiger partial charge < -0.3 is 10.1 Å². The summed E-state index contributed by atoms with van der Waals surface area (Å²) in [6.45, 7) is 6.88. The molecule has 0 saturated carbocycles. The summed E-state index contributed by atoms with van der Waals surface area (Å²) in [6.07, 6.45) is 3.07. The van der Waals surface area contributed by atoms with Crippen LogP contribution in [0, 0.1) is 0 Å². The van der Waals surface area contributed by atoms with Crippen molar-refractivity contribution in [2.24, 2.45) is 0 Å². The maximum absolute atomic E-state index is 4.97. The Morgan fingerprint density at radius 3 is 2.93 bits per heavy atom. The summed E-state index contributed by atoms with van der Waals surface area (Å²) in [5.41, 5.74) is 1.10.